The number of hydrogen-bond acceptors (Lipinski definition) is 7. The monoisotopic (exact) mass is 442 g/mol. The Morgan fingerprint density at radius 2 is 1.78 bits per heavy atom. The zero-order valence-electron chi connectivity index (χ0n) is 16.4. The molecule has 0 aliphatic heterocycles. The van der Waals surface area contributed by atoms with Crippen molar-refractivity contribution >= 4 is 34.3 Å². The third kappa shape index (κ3) is 3.59. The summed E-state index contributed by atoms with van der Waals surface area (Å²) < 4.78 is 1.70. The maximum atomic E-state index is 12.5. The van der Waals surface area contributed by atoms with Crippen LogP contribution in [-0.2, 0) is 0 Å². The Kier molecular flexibility index (Phi) is 4.88. The summed E-state index contributed by atoms with van der Waals surface area (Å²) in [4.78, 5) is 24.1. The second kappa shape index (κ2) is 8.00. The van der Waals surface area contributed by atoms with Crippen LogP contribution in [0.25, 0.3) is 27.6 Å². The Hall–Kier alpha value is -4.44. The number of rotatable bonds is 5. The van der Waals surface area contributed by atoms with Gasteiger partial charge in [-0.2, -0.15) is 9.61 Å². The molecule has 0 aliphatic carbocycles. The van der Waals surface area contributed by atoms with E-state index in [9.17, 15) is 14.9 Å². The first-order chi connectivity index (χ1) is 15.6. The van der Waals surface area contributed by atoms with Crippen molar-refractivity contribution in [1.29, 1.82) is 0 Å². The van der Waals surface area contributed by atoms with Crippen LogP contribution >= 0.6 is 11.3 Å². The molecule has 0 atom stereocenters. The van der Waals surface area contributed by atoms with Crippen LogP contribution in [0.1, 0.15) is 10.4 Å². The van der Waals surface area contributed by atoms with Crippen molar-refractivity contribution in [1.82, 2.24) is 19.8 Å². The Balaban J connectivity index is 1.40. The summed E-state index contributed by atoms with van der Waals surface area (Å²) >= 11 is 1.56. The van der Waals surface area contributed by atoms with Crippen molar-refractivity contribution in [2.75, 3.05) is 5.32 Å². The van der Waals surface area contributed by atoms with Gasteiger partial charge in [-0.05, 0) is 41.8 Å². The van der Waals surface area contributed by atoms with Gasteiger partial charge in [0.15, 0.2) is 11.5 Å². The number of carbonyl (C=O) groups is 1. The number of benzene rings is 2. The SMILES string of the molecule is O=C(Nc1ccc(-c2ccc3nnc(-c4cccs4)n3n2)cc1)c1ccccc1[N+](=O)[O-]. The van der Waals surface area contributed by atoms with Crippen molar-refractivity contribution in [3.8, 4) is 22.0 Å². The normalized spacial score (nSPS) is 10.9. The average molecular weight is 442 g/mol. The Morgan fingerprint density at radius 1 is 0.969 bits per heavy atom. The predicted octanol–water partition coefficient (Wildman–Crippen LogP) is 4.68. The highest BCUT2D eigenvalue weighted by Gasteiger charge is 2.19. The molecule has 0 fully saturated rings. The van der Waals surface area contributed by atoms with E-state index in [4.69, 9.17) is 0 Å². The van der Waals surface area contributed by atoms with Crippen molar-refractivity contribution in [3.05, 3.63) is 93.9 Å². The number of nitrogens with zero attached hydrogens (tertiary/aromatic N) is 5. The number of hydrogen-bond donors (Lipinski definition) is 1. The average Bonchev–Trinajstić information content (AvgIpc) is 3.49. The second-order valence-electron chi connectivity index (χ2n) is 6.80. The van der Waals surface area contributed by atoms with E-state index in [1.165, 1.54) is 18.2 Å². The number of anilines is 1. The topological polar surface area (TPSA) is 115 Å². The summed E-state index contributed by atoms with van der Waals surface area (Å²) in [7, 11) is 0. The summed E-state index contributed by atoms with van der Waals surface area (Å²) in [5.74, 6) is 0.125. The fourth-order valence-corrected chi connectivity index (χ4v) is 3.94. The fourth-order valence-electron chi connectivity index (χ4n) is 3.25. The number of nitro groups is 1. The number of nitro benzene ring substituents is 1. The summed E-state index contributed by atoms with van der Waals surface area (Å²) in [6.45, 7) is 0. The molecule has 2 aromatic carbocycles. The van der Waals surface area contributed by atoms with Crippen LogP contribution in [0.4, 0.5) is 11.4 Å². The lowest BCUT2D eigenvalue weighted by Gasteiger charge is -2.07. The van der Waals surface area contributed by atoms with E-state index in [0.717, 1.165) is 10.4 Å². The standard InChI is InChI=1S/C22H14N6O3S/c29-22(16-4-1-2-5-18(16)28(30)31)23-15-9-7-14(8-10-15)17-11-12-20-24-25-21(27(20)26-17)19-6-3-13-32-19/h1-13H,(H,23,29). The van der Waals surface area contributed by atoms with Crippen LogP contribution in [0.3, 0.4) is 0 Å². The van der Waals surface area contributed by atoms with Gasteiger partial charge >= 0.3 is 0 Å². The Bertz CT molecular complexity index is 1440. The van der Waals surface area contributed by atoms with Crippen LogP contribution in [0.15, 0.2) is 78.2 Å². The van der Waals surface area contributed by atoms with Gasteiger partial charge in [-0.1, -0.05) is 30.3 Å². The molecule has 0 radical (unpaired) electrons. The fraction of sp³-hybridized carbons (Fsp3) is 0. The molecule has 1 N–H and O–H groups in total. The molecule has 9 nitrogen and oxygen atoms in total. The summed E-state index contributed by atoms with van der Waals surface area (Å²) in [6, 6.07) is 20.5. The van der Waals surface area contributed by atoms with Gasteiger partial charge in [0.05, 0.1) is 15.5 Å². The molecule has 1 amide bonds. The quantitative estimate of drug-likeness (QED) is 0.312. The minimum atomic E-state index is -0.574. The Labute approximate surface area is 185 Å². The van der Waals surface area contributed by atoms with Gasteiger partial charge in [0, 0.05) is 17.3 Å². The van der Waals surface area contributed by atoms with Crippen LogP contribution in [0.2, 0.25) is 0 Å². The van der Waals surface area contributed by atoms with Crippen LogP contribution < -0.4 is 5.32 Å². The number of carbonyl (C=O) groups excluding carboxylic acids is 1. The molecule has 0 aliphatic rings. The van der Waals surface area contributed by atoms with E-state index in [0.29, 0.717) is 22.9 Å². The molecular weight excluding hydrogens is 428 g/mol. The third-order valence-electron chi connectivity index (χ3n) is 4.79. The lowest BCUT2D eigenvalue weighted by atomic mass is 10.1. The number of nitrogens with one attached hydrogen (secondary N) is 1. The van der Waals surface area contributed by atoms with Crippen LogP contribution in [0.5, 0.6) is 0 Å². The molecule has 5 rings (SSSR count). The molecule has 0 unspecified atom stereocenters. The number of aromatic nitrogens is 4. The molecule has 5 aromatic rings. The zero-order chi connectivity index (χ0) is 22.1. The van der Waals surface area contributed by atoms with Gasteiger partial charge in [-0.15, -0.1) is 21.5 Å². The smallest absolute Gasteiger partial charge is 0.282 e. The first-order valence-corrected chi connectivity index (χ1v) is 10.4. The highest BCUT2D eigenvalue weighted by Crippen LogP contribution is 2.25. The van der Waals surface area contributed by atoms with Crippen LogP contribution in [0, 0.1) is 10.1 Å². The second-order valence-corrected chi connectivity index (χ2v) is 7.74. The van der Waals surface area contributed by atoms with Crippen molar-refractivity contribution in [3.63, 3.8) is 0 Å². The van der Waals surface area contributed by atoms with Crippen molar-refractivity contribution in [2.45, 2.75) is 0 Å². The van der Waals surface area contributed by atoms with Gasteiger partial charge < -0.3 is 5.32 Å². The molecule has 0 spiro atoms. The number of para-hydroxylation sites is 1. The zero-order valence-corrected chi connectivity index (χ0v) is 17.2. The predicted molar refractivity (Wildman–Crippen MR) is 121 cm³/mol. The highest BCUT2D eigenvalue weighted by atomic mass is 32.1. The van der Waals surface area contributed by atoms with Gasteiger partial charge in [0.25, 0.3) is 11.6 Å². The first-order valence-electron chi connectivity index (χ1n) is 9.52. The lowest BCUT2D eigenvalue weighted by Crippen LogP contribution is -2.13. The first kappa shape index (κ1) is 19.5. The lowest BCUT2D eigenvalue weighted by molar-refractivity contribution is -0.385. The third-order valence-corrected chi connectivity index (χ3v) is 5.65. The minimum absolute atomic E-state index is 0.00223. The molecule has 32 heavy (non-hydrogen) atoms. The maximum absolute atomic E-state index is 12.5. The largest absolute Gasteiger partial charge is 0.322 e. The van der Waals surface area contributed by atoms with Crippen molar-refractivity contribution < 1.29 is 9.72 Å². The molecule has 0 saturated carbocycles. The molecular formula is C22H14N6O3S. The van der Waals surface area contributed by atoms with Crippen molar-refractivity contribution in [2.24, 2.45) is 0 Å². The molecule has 0 saturated heterocycles. The van der Waals surface area contributed by atoms with Gasteiger partial charge in [-0.25, -0.2) is 0 Å². The van der Waals surface area contributed by atoms with E-state index in [1.807, 2.05) is 41.8 Å². The minimum Gasteiger partial charge on any atom is -0.322 e. The molecule has 156 valence electrons. The summed E-state index contributed by atoms with van der Waals surface area (Å²) in [6.07, 6.45) is 0. The van der Waals surface area contributed by atoms with Gasteiger partial charge in [0.1, 0.15) is 5.56 Å². The summed E-state index contributed by atoms with van der Waals surface area (Å²) in [5.41, 5.74) is 2.47. The van der Waals surface area contributed by atoms with Crippen LogP contribution in [-0.4, -0.2) is 30.6 Å². The maximum Gasteiger partial charge on any atom is 0.282 e. The van der Waals surface area contributed by atoms with E-state index in [2.05, 4.69) is 20.6 Å². The number of fused-ring (bicyclic) bond motifs is 1. The molecule has 3 heterocycles. The number of thiophene rings is 1. The molecule has 3 aromatic heterocycles. The van der Waals surface area contributed by atoms with Gasteiger partial charge in [0.2, 0.25) is 0 Å². The molecule has 0 bridgehead atoms. The summed E-state index contributed by atoms with van der Waals surface area (Å²) in [5, 5.41) is 28.9. The van der Waals surface area contributed by atoms with Gasteiger partial charge in [-0.3, -0.25) is 14.9 Å². The Morgan fingerprint density at radius 3 is 2.53 bits per heavy atom. The highest BCUT2D eigenvalue weighted by molar-refractivity contribution is 7.13. The van der Waals surface area contributed by atoms with E-state index < -0.39 is 10.8 Å². The number of amides is 1. The van der Waals surface area contributed by atoms with E-state index in [1.54, 1.807) is 34.1 Å². The van der Waals surface area contributed by atoms with E-state index >= 15 is 0 Å². The van der Waals surface area contributed by atoms with E-state index in [-0.39, 0.29) is 11.3 Å². The molecule has 10 heteroatoms.